The molecule has 0 spiro atoms. The lowest BCUT2D eigenvalue weighted by Crippen LogP contribution is -2.25. The number of aryl methyl sites for hydroxylation is 1. The molecule has 3 aromatic rings. The van der Waals surface area contributed by atoms with E-state index in [1.165, 1.54) is 0 Å². The van der Waals surface area contributed by atoms with Gasteiger partial charge in [0.25, 0.3) is 5.22 Å². The molecule has 0 N–H and O–H groups in total. The number of benzene rings is 2. The van der Waals surface area contributed by atoms with Crippen molar-refractivity contribution >= 4 is 34.6 Å². The van der Waals surface area contributed by atoms with E-state index in [1.54, 1.807) is 19.1 Å². The van der Waals surface area contributed by atoms with Gasteiger partial charge in [0, 0.05) is 5.56 Å². The monoisotopic (exact) mass is 369 g/mol. The number of nitrogens with zero attached hydrogens (tertiary/aromatic N) is 1. The standard InChI is InChI=1S/C20H19NO4S/c1-3-14-8-10-15(11-9-14)19(23)13(2)24-18(22)12-26-20-21-16-6-4-5-7-17(16)25-20/h4-11,13H,3,12H2,1-2H3/t13-/m0/s1. The number of thioether (sulfide) groups is 1. The van der Waals surface area contributed by atoms with Gasteiger partial charge >= 0.3 is 5.97 Å². The van der Waals surface area contributed by atoms with Crippen molar-refractivity contribution in [1.82, 2.24) is 4.98 Å². The van der Waals surface area contributed by atoms with E-state index in [1.807, 2.05) is 36.4 Å². The molecule has 0 aliphatic rings. The zero-order valence-corrected chi connectivity index (χ0v) is 15.4. The number of ketones is 1. The van der Waals surface area contributed by atoms with E-state index in [-0.39, 0.29) is 11.5 Å². The number of carbonyl (C=O) groups is 2. The van der Waals surface area contributed by atoms with Crippen molar-refractivity contribution in [1.29, 1.82) is 0 Å². The topological polar surface area (TPSA) is 69.4 Å². The first-order valence-corrected chi connectivity index (χ1v) is 9.36. The lowest BCUT2D eigenvalue weighted by atomic mass is 10.0. The first-order chi connectivity index (χ1) is 12.6. The molecule has 0 saturated heterocycles. The van der Waals surface area contributed by atoms with Gasteiger partial charge in [-0.05, 0) is 31.0 Å². The van der Waals surface area contributed by atoms with Crippen LogP contribution in [0.15, 0.2) is 58.2 Å². The fourth-order valence-electron chi connectivity index (χ4n) is 2.46. The second kappa shape index (κ2) is 8.19. The number of aromatic nitrogens is 1. The van der Waals surface area contributed by atoms with Crippen LogP contribution in [0.25, 0.3) is 11.1 Å². The van der Waals surface area contributed by atoms with Gasteiger partial charge < -0.3 is 9.15 Å². The van der Waals surface area contributed by atoms with Crippen LogP contribution >= 0.6 is 11.8 Å². The van der Waals surface area contributed by atoms with Gasteiger partial charge in [-0.25, -0.2) is 4.98 Å². The van der Waals surface area contributed by atoms with E-state index in [9.17, 15) is 9.59 Å². The molecule has 0 saturated carbocycles. The Kier molecular flexibility index (Phi) is 5.73. The van der Waals surface area contributed by atoms with Crippen molar-refractivity contribution in [3.8, 4) is 0 Å². The van der Waals surface area contributed by atoms with E-state index in [2.05, 4.69) is 11.9 Å². The Balaban J connectivity index is 1.53. The van der Waals surface area contributed by atoms with Gasteiger partial charge in [0.2, 0.25) is 5.78 Å². The summed E-state index contributed by atoms with van der Waals surface area (Å²) in [6, 6.07) is 14.7. The molecule has 0 radical (unpaired) electrons. The van der Waals surface area contributed by atoms with Crippen LogP contribution in [0.3, 0.4) is 0 Å². The van der Waals surface area contributed by atoms with Crippen molar-refractivity contribution in [2.24, 2.45) is 0 Å². The van der Waals surface area contributed by atoms with Crippen LogP contribution in [0.4, 0.5) is 0 Å². The molecule has 2 aromatic carbocycles. The van der Waals surface area contributed by atoms with Crippen molar-refractivity contribution < 1.29 is 18.7 Å². The second-order valence-electron chi connectivity index (χ2n) is 5.78. The molecular formula is C20H19NO4S. The summed E-state index contributed by atoms with van der Waals surface area (Å²) in [5, 5.41) is 0.400. The van der Waals surface area contributed by atoms with Crippen LogP contribution in [0.2, 0.25) is 0 Å². The fraction of sp³-hybridized carbons (Fsp3) is 0.250. The highest BCUT2D eigenvalue weighted by Crippen LogP contribution is 2.23. The number of esters is 1. The summed E-state index contributed by atoms with van der Waals surface area (Å²) in [5.41, 5.74) is 3.10. The minimum atomic E-state index is -0.834. The van der Waals surface area contributed by atoms with Crippen LogP contribution in [-0.4, -0.2) is 28.6 Å². The number of ether oxygens (including phenoxy) is 1. The van der Waals surface area contributed by atoms with Crippen LogP contribution in [0.5, 0.6) is 0 Å². The van der Waals surface area contributed by atoms with Crippen LogP contribution in [0.1, 0.15) is 29.8 Å². The van der Waals surface area contributed by atoms with Crippen molar-refractivity contribution in [2.45, 2.75) is 31.6 Å². The predicted octanol–water partition coefficient (Wildman–Crippen LogP) is 4.30. The summed E-state index contributed by atoms with van der Waals surface area (Å²) < 4.78 is 10.8. The molecule has 1 aromatic heterocycles. The highest BCUT2D eigenvalue weighted by Gasteiger charge is 2.20. The average Bonchev–Trinajstić information content (AvgIpc) is 3.09. The first kappa shape index (κ1) is 18.2. The van der Waals surface area contributed by atoms with Gasteiger partial charge in [0.15, 0.2) is 11.7 Å². The van der Waals surface area contributed by atoms with Gasteiger partial charge in [0.1, 0.15) is 11.3 Å². The Bertz CT molecular complexity index is 884. The summed E-state index contributed by atoms with van der Waals surface area (Å²) >= 11 is 1.15. The number of carbonyl (C=O) groups excluding carboxylic acids is 2. The Labute approximate surface area is 155 Å². The maximum Gasteiger partial charge on any atom is 0.317 e. The molecule has 0 bridgehead atoms. The number of rotatable bonds is 7. The summed E-state index contributed by atoms with van der Waals surface area (Å²) in [7, 11) is 0. The van der Waals surface area contributed by atoms with E-state index in [0.717, 1.165) is 29.3 Å². The molecule has 0 aliphatic heterocycles. The number of para-hydroxylation sites is 2. The Hall–Kier alpha value is -2.60. The minimum Gasteiger partial charge on any atom is -0.454 e. The van der Waals surface area contributed by atoms with E-state index in [4.69, 9.17) is 9.15 Å². The van der Waals surface area contributed by atoms with Gasteiger partial charge in [0.05, 0.1) is 0 Å². The van der Waals surface area contributed by atoms with Crippen LogP contribution in [0, 0.1) is 0 Å². The lowest BCUT2D eigenvalue weighted by molar-refractivity contribution is -0.143. The van der Waals surface area contributed by atoms with Gasteiger partial charge in [-0.1, -0.05) is 55.1 Å². The van der Waals surface area contributed by atoms with Crippen molar-refractivity contribution in [2.75, 3.05) is 5.75 Å². The maximum atomic E-state index is 12.4. The van der Waals surface area contributed by atoms with Gasteiger partial charge in [-0.15, -0.1) is 0 Å². The molecule has 0 unspecified atom stereocenters. The minimum absolute atomic E-state index is 0.0270. The maximum absolute atomic E-state index is 12.4. The summed E-state index contributed by atoms with van der Waals surface area (Å²) in [4.78, 5) is 28.7. The molecule has 3 rings (SSSR count). The number of hydrogen-bond acceptors (Lipinski definition) is 6. The van der Waals surface area contributed by atoms with Crippen LogP contribution < -0.4 is 0 Å². The summed E-state index contributed by atoms with van der Waals surface area (Å²) in [6.45, 7) is 3.63. The van der Waals surface area contributed by atoms with E-state index < -0.39 is 12.1 Å². The Morgan fingerprint density at radius 2 is 1.88 bits per heavy atom. The van der Waals surface area contributed by atoms with Crippen LogP contribution in [-0.2, 0) is 16.0 Å². The Morgan fingerprint density at radius 1 is 1.15 bits per heavy atom. The molecule has 1 heterocycles. The summed E-state index contributed by atoms with van der Waals surface area (Å²) in [6.07, 6.45) is 0.0747. The van der Waals surface area contributed by atoms with E-state index >= 15 is 0 Å². The lowest BCUT2D eigenvalue weighted by Gasteiger charge is -2.12. The largest absolute Gasteiger partial charge is 0.454 e. The SMILES string of the molecule is CCc1ccc(C(=O)[C@H](C)OC(=O)CSc2nc3ccccc3o2)cc1. The zero-order valence-electron chi connectivity index (χ0n) is 14.6. The third-order valence-corrected chi connectivity index (χ3v) is 4.71. The molecule has 6 heteroatoms. The van der Waals surface area contributed by atoms with Gasteiger partial charge in [-0.3, -0.25) is 9.59 Å². The summed E-state index contributed by atoms with van der Waals surface area (Å²) in [5.74, 6) is -0.671. The Morgan fingerprint density at radius 3 is 2.58 bits per heavy atom. The average molecular weight is 369 g/mol. The fourth-order valence-corrected chi connectivity index (χ4v) is 3.08. The quantitative estimate of drug-likeness (QED) is 0.351. The highest BCUT2D eigenvalue weighted by atomic mass is 32.2. The normalized spacial score (nSPS) is 12.1. The molecule has 0 fully saturated rings. The predicted molar refractivity (Wildman–Crippen MR) is 100 cm³/mol. The number of hydrogen-bond donors (Lipinski definition) is 0. The van der Waals surface area contributed by atoms with E-state index in [0.29, 0.717) is 16.4 Å². The highest BCUT2D eigenvalue weighted by molar-refractivity contribution is 7.99. The molecule has 0 aliphatic carbocycles. The van der Waals surface area contributed by atoms with Crippen molar-refractivity contribution in [3.05, 3.63) is 59.7 Å². The second-order valence-corrected chi connectivity index (χ2v) is 6.71. The number of Topliss-reactive ketones (excluding diaryl/α,β-unsaturated/α-hetero) is 1. The molecule has 134 valence electrons. The number of fused-ring (bicyclic) bond motifs is 1. The molecule has 26 heavy (non-hydrogen) atoms. The molecule has 5 nitrogen and oxygen atoms in total. The third kappa shape index (κ3) is 4.32. The molecule has 1 atom stereocenters. The first-order valence-electron chi connectivity index (χ1n) is 8.38. The van der Waals surface area contributed by atoms with Gasteiger partial charge in [-0.2, -0.15) is 0 Å². The zero-order chi connectivity index (χ0) is 18.5. The molecular weight excluding hydrogens is 350 g/mol. The van der Waals surface area contributed by atoms with Crippen molar-refractivity contribution in [3.63, 3.8) is 0 Å². The third-order valence-electron chi connectivity index (χ3n) is 3.91. The number of oxazole rings is 1. The molecule has 0 amide bonds. The smallest absolute Gasteiger partial charge is 0.317 e.